The van der Waals surface area contributed by atoms with Crippen LogP contribution in [0.2, 0.25) is 0 Å². The number of rotatable bonds is 6. The van der Waals surface area contributed by atoms with Crippen molar-refractivity contribution in [3.8, 4) is 17.2 Å². The Bertz CT molecular complexity index is 1310. The second-order valence-corrected chi connectivity index (χ2v) is 7.95. The van der Waals surface area contributed by atoms with Gasteiger partial charge in [-0.05, 0) is 53.9 Å². The van der Waals surface area contributed by atoms with Crippen LogP contribution in [-0.2, 0) is 26.9 Å². The van der Waals surface area contributed by atoms with Crippen LogP contribution in [0, 0.1) is 46.2 Å². The van der Waals surface area contributed by atoms with Crippen molar-refractivity contribution in [1.82, 2.24) is 0 Å². The summed E-state index contributed by atoms with van der Waals surface area (Å²) in [7, 11) is 0. The van der Waals surface area contributed by atoms with Gasteiger partial charge in [0.05, 0.1) is 25.4 Å². The molecular weight excluding hydrogens is 514 g/mol. The monoisotopic (exact) mass is 529 g/mol. The van der Waals surface area contributed by atoms with Crippen molar-refractivity contribution >= 4 is 0 Å². The Hall–Kier alpha value is -3.53. The third-order valence-electron chi connectivity index (χ3n) is 5.42. The van der Waals surface area contributed by atoms with Gasteiger partial charge in [-0.2, -0.15) is 14.0 Å². The van der Waals surface area contributed by atoms with E-state index in [1.54, 1.807) is 0 Å². The van der Waals surface area contributed by atoms with Crippen molar-refractivity contribution in [2.24, 2.45) is 0 Å². The molecule has 12 heteroatoms. The van der Waals surface area contributed by atoms with E-state index in [1.165, 1.54) is 6.07 Å². The van der Waals surface area contributed by atoms with Gasteiger partial charge >= 0.3 is 6.11 Å². The van der Waals surface area contributed by atoms with Gasteiger partial charge < -0.3 is 14.2 Å². The number of halogens is 8. The second kappa shape index (κ2) is 10.5. The maximum Gasteiger partial charge on any atom is 0.389 e. The van der Waals surface area contributed by atoms with Crippen LogP contribution < -0.4 is 0 Å². The second-order valence-electron chi connectivity index (χ2n) is 7.95. The van der Waals surface area contributed by atoms with E-state index in [-0.39, 0.29) is 5.56 Å². The van der Waals surface area contributed by atoms with Gasteiger partial charge in [0.2, 0.25) is 0 Å². The SMILES string of the molecule is N#Cc1c(F)cc(COC(F)(F)c2c(F)cc(-c3c(F)cc(C4OCCCO4)cc3F)cc2F)cc1F. The molecule has 4 nitrogen and oxygen atoms in total. The predicted octanol–water partition coefficient (Wildman–Crippen LogP) is 6.76. The minimum atomic E-state index is -4.65. The summed E-state index contributed by atoms with van der Waals surface area (Å²) in [6, 6.07) is 4.61. The number of alkyl halides is 2. The number of hydrogen-bond acceptors (Lipinski definition) is 4. The van der Waals surface area contributed by atoms with Crippen molar-refractivity contribution in [3.05, 3.63) is 93.6 Å². The average Bonchev–Trinajstić information content (AvgIpc) is 2.82. The minimum absolute atomic E-state index is 0.0216. The first-order chi connectivity index (χ1) is 17.5. The maximum absolute atomic E-state index is 14.7. The van der Waals surface area contributed by atoms with Gasteiger partial charge in [0.15, 0.2) is 6.29 Å². The van der Waals surface area contributed by atoms with Crippen LogP contribution in [0.1, 0.15) is 35.0 Å². The van der Waals surface area contributed by atoms with E-state index >= 15 is 0 Å². The molecule has 0 spiro atoms. The van der Waals surface area contributed by atoms with Crippen molar-refractivity contribution in [1.29, 1.82) is 5.26 Å². The fourth-order valence-electron chi connectivity index (χ4n) is 3.74. The van der Waals surface area contributed by atoms with Gasteiger partial charge in [-0.15, -0.1) is 0 Å². The molecule has 0 aliphatic carbocycles. The smallest absolute Gasteiger partial charge is 0.348 e. The summed E-state index contributed by atoms with van der Waals surface area (Å²) in [5.74, 6) is -8.96. The Morgan fingerprint density at radius 2 is 1.35 bits per heavy atom. The van der Waals surface area contributed by atoms with Crippen molar-refractivity contribution < 1.29 is 49.3 Å². The molecule has 1 saturated heterocycles. The van der Waals surface area contributed by atoms with Crippen LogP contribution in [0.4, 0.5) is 35.1 Å². The number of ether oxygens (including phenoxy) is 3. The number of nitrogens with zero attached hydrogens (tertiary/aromatic N) is 1. The molecular formula is C25H15F8NO3. The highest BCUT2D eigenvalue weighted by atomic mass is 19.3. The highest BCUT2D eigenvalue weighted by molar-refractivity contribution is 5.66. The summed E-state index contributed by atoms with van der Waals surface area (Å²) < 4.78 is 130. The van der Waals surface area contributed by atoms with Gasteiger partial charge in [0.1, 0.15) is 52.1 Å². The summed E-state index contributed by atoms with van der Waals surface area (Å²) in [6.45, 7) is -0.610. The molecule has 0 saturated carbocycles. The fraction of sp³-hybridized carbons (Fsp3) is 0.240. The van der Waals surface area contributed by atoms with Crippen molar-refractivity contribution in [2.75, 3.05) is 13.2 Å². The molecule has 0 unspecified atom stereocenters. The molecule has 1 heterocycles. The summed E-state index contributed by atoms with van der Waals surface area (Å²) in [6.07, 6.45) is -5.11. The van der Waals surface area contributed by atoms with E-state index in [1.807, 2.05) is 0 Å². The van der Waals surface area contributed by atoms with Crippen molar-refractivity contribution in [3.63, 3.8) is 0 Å². The van der Waals surface area contributed by atoms with Gasteiger partial charge in [-0.1, -0.05) is 0 Å². The van der Waals surface area contributed by atoms with Crippen LogP contribution in [0.3, 0.4) is 0 Å². The van der Waals surface area contributed by atoms with E-state index in [9.17, 15) is 35.1 Å². The molecule has 0 amide bonds. The third kappa shape index (κ3) is 5.44. The molecule has 1 fully saturated rings. The van der Waals surface area contributed by atoms with Crippen LogP contribution in [-0.4, -0.2) is 13.2 Å². The highest BCUT2D eigenvalue weighted by Crippen LogP contribution is 2.38. The Balaban J connectivity index is 1.61. The summed E-state index contributed by atoms with van der Waals surface area (Å²) in [5, 5.41) is 8.65. The van der Waals surface area contributed by atoms with E-state index in [2.05, 4.69) is 4.74 Å². The van der Waals surface area contributed by atoms with Crippen LogP contribution in [0.15, 0.2) is 36.4 Å². The number of benzene rings is 3. The molecule has 1 aliphatic heterocycles. The molecule has 0 N–H and O–H groups in total. The Labute approximate surface area is 204 Å². The van der Waals surface area contributed by atoms with E-state index in [4.69, 9.17) is 14.7 Å². The lowest BCUT2D eigenvalue weighted by atomic mass is 9.99. The van der Waals surface area contributed by atoms with Crippen molar-refractivity contribution in [2.45, 2.75) is 25.4 Å². The third-order valence-corrected chi connectivity index (χ3v) is 5.42. The molecule has 0 atom stereocenters. The largest absolute Gasteiger partial charge is 0.389 e. The van der Waals surface area contributed by atoms with Gasteiger partial charge in [-0.3, -0.25) is 0 Å². The lowest BCUT2D eigenvalue weighted by Gasteiger charge is -2.24. The Morgan fingerprint density at radius 1 is 0.811 bits per heavy atom. The summed E-state index contributed by atoms with van der Waals surface area (Å²) >= 11 is 0. The number of nitriles is 1. The average molecular weight is 529 g/mol. The Morgan fingerprint density at radius 3 is 1.86 bits per heavy atom. The quantitative estimate of drug-likeness (QED) is 0.331. The minimum Gasteiger partial charge on any atom is -0.348 e. The predicted molar refractivity (Wildman–Crippen MR) is 111 cm³/mol. The first-order valence-corrected chi connectivity index (χ1v) is 10.6. The van der Waals surface area contributed by atoms with E-state index < -0.39 is 81.7 Å². The van der Waals surface area contributed by atoms with E-state index in [0.29, 0.717) is 43.9 Å². The molecule has 0 bridgehead atoms. The first kappa shape index (κ1) is 26.5. The van der Waals surface area contributed by atoms with Crippen LogP contribution in [0.25, 0.3) is 11.1 Å². The highest BCUT2D eigenvalue weighted by Gasteiger charge is 2.40. The lowest BCUT2D eigenvalue weighted by molar-refractivity contribution is -0.259. The zero-order valence-electron chi connectivity index (χ0n) is 18.6. The van der Waals surface area contributed by atoms with Gasteiger partial charge in [0, 0.05) is 5.56 Å². The molecule has 194 valence electrons. The zero-order chi connectivity index (χ0) is 26.9. The lowest BCUT2D eigenvalue weighted by Crippen LogP contribution is -2.22. The molecule has 3 aromatic rings. The molecule has 0 radical (unpaired) electrons. The molecule has 1 aliphatic rings. The summed E-state index contributed by atoms with van der Waals surface area (Å²) in [4.78, 5) is 0. The topological polar surface area (TPSA) is 51.5 Å². The van der Waals surface area contributed by atoms with E-state index in [0.717, 1.165) is 12.1 Å². The van der Waals surface area contributed by atoms with Crippen LogP contribution >= 0.6 is 0 Å². The molecule has 4 rings (SSSR count). The van der Waals surface area contributed by atoms with Gasteiger partial charge in [-0.25, -0.2) is 26.3 Å². The molecule has 3 aromatic carbocycles. The standard InChI is InChI=1S/C25H15F8NO3/c26-16-4-12(5-17(27)15(16)10-34)11-37-25(32,33)23-20(30)6-13(7-21(23)31)22-18(28)8-14(9-19(22)29)24-35-2-1-3-36-24/h4-9,24H,1-3,11H2. The first-order valence-electron chi connectivity index (χ1n) is 10.6. The maximum atomic E-state index is 14.7. The number of hydrogen-bond donors (Lipinski definition) is 0. The Kier molecular flexibility index (Phi) is 7.49. The fourth-order valence-corrected chi connectivity index (χ4v) is 3.74. The molecule has 0 aromatic heterocycles. The summed E-state index contributed by atoms with van der Waals surface area (Å²) in [5.41, 5.74) is -4.93. The van der Waals surface area contributed by atoms with Crippen LogP contribution in [0.5, 0.6) is 0 Å². The normalized spacial score (nSPS) is 14.6. The van der Waals surface area contributed by atoms with Gasteiger partial charge in [0.25, 0.3) is 0 Å². The molecule has 37 heavy (non-hydrogen) atoms. The zero-order valence-corrected chi connectivity index (χ0v) is 18.6.